The maximum Gasteiger partial charge on any atom is 0.248 e. The number of anilines is 1. The number of nitrogens with two attached hydrogens (primary N) is 1. The van der Waals surface area contributed by atoms with Crippen molar-refractivity contribution in [3.63, 3.8) is 0 Å². The lowest BCUT2D eigenvalue weighted by molar-refractivity contribution is -0.118. The normalized spacial score (nSPS) is 10.2. The molecule has 24 heavy (non-hydrogen) atoms. The number of rotatable bonds is 7. The number of amides is 2. The average molecular weight is 326 g/mol. The highest BCUT2D eigenvalue weighted by atomic mass is 16.5. The first kappa shape index (κ1) is 17.5. The molecule has 2 aromatic carbocycles. The van der Waals surface area contributed by atoms with E-state index < -0.39 is 5.91 Å². The van der Waals surface area contributed by atoms with Gasteiger partial charge in [-0.1, -0.05) is 12.1 Å². The van der Waals surface area contributed by atoms with Gasteiger partial charge in [-0.25, -0.2) is 0 Å². The van der Waals surface area contributed by atoms with E-state index >= 15 is 0 Å². The van der Waals surface area contributed by atoms with Crippen molar-refractivity contribution < 1.29 is 14.3 Å². The summed E-state index contributed by atoms with van der Waals surface area (Å²) in [7, 11) is 1.72. The molecule has 2 aromatic rings. The maximum absolute atomic E-state index is 12.3. The number of carbonyl (C=O) groups is 2. The van der Waals surface area contributed by atoms with Crippen molar-refractivity contribution in [1.29, 1.82) is 0 Å². The highest BCUT2D eigenvalue weighted by molar-refractivity contribution is 5.95. The van der Waals surface area contributed by atoms with E-state index in [0.717, 1.165) is 17.0 Å². The summed E-state index contributed by atoms with van der Waals surface area (Å²) >= 11 is 0. The van der Waals surface area contributed by atoms with E-state index in [-0.39, 0.29) is 5.91 Å². The highest BCUT2D eigenvalue weighted by Crippen LogP contribution is 2.17. The Morgan fingerprint density at radius 3 is 2.21 bits per heavy atom. The quantitative estimate of drug-likeness (QED) is 0.850. The fraction of sp³-hybridized carbons (Fsp3) is 0.263. The van der Waals surface area contributed by atoms with Crippen LogP contribution in [-0.4, -0.2) is 25.5 Å². The van der Waals surface area contributed by atoms with Crippen LogP contribution in [0.2, 0.25) is 0 Å². The molecule has 5 heteroatoms. The third kappa shape index (κ3) is 4.59. The number of hydrogen-bond acceptors (Lipinski definition) is 3. The third-order valence-corrected chi connectivity index (χ3v) is 3.78. The van der Waals surface area contributed by atoms with Crippen molar-refractivity contribution >= 4 is 17.5 Å². The van der Waals surface area contributed by atoms with Crippen molar-refractivity contribution in [1.82, 2.24) is 0 Å². The minimum atomic E-state index is -0.481. The fourth-order valence-corrected chi connectivity index (χ4v) is 2.33. The van der Waals surface area contributed by atoms with Gasteiger partial charge in [-0.05, 0) is 55.3 Å². The topological polar surface area (TPSA) is 72.6 Å². The summed E-state index contributed by atoms with van der Waals surface area (Å²) in [5.74, 6) is 0.362. The fourth-order valence-electron chi connectivity index (χ4n) is 2.33. The molecule has 0 saturated carbocycles. The number of primary amides is 1. The summed E-state index contributed by atoms with van der Waals surface area (Å²) in [5, 5.41) is 0. The molecule has 2 N–H and O–H groups in total. The molecule has 0 aromatic heterocycles. The molecule has 2 rings (SSSR count). The molecule has 0 aliphatic carbocycles. The van der Waals surface area contributed by atoms with E-state index in [1.165, 1.54) is 0 Å². The Bertz CT molecular complexity index is 694. The molecular weight excluding hydrogens is 304 g/mol. The number of nitrogens with zero attached hydrogens (tertiary/aromatic N) is 1. The van der Waals surface area contributed by atoms with Gasteiger partial charge in [0.15, 0.2) is 0 Å². The van der Waals surface area contributed by atoms with Crippen LogP contribution in [0.3, 0.4) is 0 Å². The lowest BCUT2D eigenvalue weighted by atomic mass is 10.1. The summed E-state index contributed by atoms with van der Waals surface area (Å²) < 4.78 is 5.40. The molecule has 0 spiro atoms. The van der Waals surface area contributed by atoms with Gasteiger partial charge in [-0.3, -0.25) is 9.59 Å². The molecular formula is C19H22N2O3. The van der Waals surface area contributed by atoms with Crippen LogP contribution in [0.5, 0.6) is 5.75 Å². The van der Waals surface area contributed by atoms with Crippen LogP contribution in [0, 0.1) is 0 Å². The summed E-state index contributed by atoms with van der Waals surface area (Å²) in [5.41, 5.74) is 7.46. The van der Waals surface area contributed by atoms with Crippen molar-refractivity contribution in [2.75, 3.05) is 18.6 Å². The first-order chi connectivity index (χ1) is 11.5. The lowest BCUT2D eigenvalue weighted by Gasteiger charge is -2.17. The zero-order chi connectivity index (χ0) is 17.5. The van der Waals surface area contributed by atoms with Crippen LogP contribution in [0.1, 0.15) is 29.3 Å². The molecule has 0 heterocycles. The van der Waals surface area contributed by atoms with Crippen molar-refractivity contribution in [3.05, 3.63) is 59.7 Å². The van der Waals surface area contributed by atoms with Crippen LogP contribution < -0.4 is 15.4 Å². The van der Waals surface area contributed by atoms with Crippen molar-refractivity contribution in [2.45, 2.75) is 19.8 Å². The van der Waals surface area contributed by atoms with Gasteiger partial charge in [-0.2, -0.15) is 0 Å². The number of benzene rings is 2. The lowest BCUT2D eigenvalue weighted by Crippen LogP contribution is -2.26. The van der Waals surface area contributed by atoms with E-state index in [0.29, 0.717) is 25.0 Å². The molecule has 0 fully saturated rings. The highest BCUT2D eigenvalue weighted by Gasteiger charge is 2.11. The number of hydrogen-bond donors (Lipinski definition) is 1. The Balaban J connectivity index is 1.92. The zero-order valence-corrected chi connectivity index (χ0v) is 14.0. The summed E-state index contributed by atoms with van der Waals surface area (Å²) in [6.45, 7) is 2.58. The predicted molar refractivity (Wildman–Crippen MR) is 94.3 cm³/mol. The summed E-state index contributed by atoms with van der Waals surface area (Å²) in [6, 6.07) is 14.4. The van der Waals surface area contributed by atoms with E-state index in [1.807, 2.05) is 31.2 Å². The van der Waals surface area contributed by atoms with Gasteiger partial charge in [-0.15, -0.1) is 0 Å². The van der Waals surface area contributed by atoms with E-state index in [9.17, 15) is 9.59 Å². The number of carbonyl (C=O) groups excluding carboxylic acids is 2. The van der Waals surface area contributed by atoms with Gasteiger partial charge in [0.1, 0.15) is 5.75 Å². The van der Waals surface area contributed by atoms with Gasteiger partial charge >= 0.3 is 0 Å². The van der Waals surface area contributed by atoms with E-state index in [4.69, 9.17) is 10.5 Å². The van der Waals surface area contributed by atoms with Gasteiger partial charge in [0.05, 0.1) is 6.61 Å². The molecule has 0 aliphatic rings. The molecule has 2 amide bonds. The zero-order valence-electron chi connectivity index (χ0n) is 14.0. The summed E-state index contributed by atoms with van der Waals surface area (Å²) in [4.78, 5) is 25.0. The van der Waals surface area contributed by atoms with Gasteiger partial charge in [0.2, 0.25) is 11.8 Å². The monoisotopic (exact) mass is 326 g/mol. The number of ether oxygens (including phenoxy) is 1. The van der Waals surface area contributed by atoms with Gasteiger partial charge < -0.3 is 15.4 Å². The molecule has 0 atom stereocenters. The molecule has 0 unspecified atom stereocenters. The second-order valence-electron chi connectivity index (χ2n) is 5.44. The number of aryl methyl sites for hydroxylation is 1. The van der Waals surface area contributed by atoms with Crippen LogP contribution in [0.4, 0.5) is 5.69 Å². The average Bonchev–Trinajstić information content (AvgIpc) is 2.60. The van der Waals surface area contributed by atoms with Gasteiger partial charge in [0, 0.05) is 24.7 Å². The minimum absolute atomic E-state index is 0.00992. The minimum Gasteiger partial charge on any atom is -0.494 e. The molecule has 0 saturated heterocycles. The second-order valence-corrected chi connectivity index (χ2v) is 5.44. The molecule has 126 valence electrons. The molecule has 0 radical (unpaired) electrons. The molecule has 0 bridgehead atoms. The van der Waals surface area contributed by atoms with Crippen LogP contribution in [0.25, 0.3) is 0 Å². The molecule has 0 aliphatic heterocycles. The predicted octanol–water partition coefficient (Wildman–Crippen LogP) is 2.78. The Kier molecular flexibility index (Phi) is 5.95. The third-order valence-electron chi connectivity index (χ3n) is 3.78. The maximum atomic E-state index is 12.3. The molecule has 5 nitrogen and oxygen atoms in total. The SMILES string of the molecule is CCOc1ccc(CCC(=O)N(C)c2ccc(C(N)=O)cc2)cc1. The standard InChI is InChI=1S/C19H22N2O3/c1-3-24-17-11-4-14(5-12-17)6-13-18(22)21(2)16-9-7-15(8-10-16)19(20)23/h4-5,7-12H,3,6,13H2,1-2H3,(H2,20,23). The van der Waals surface area contributed by atoms with Crippen LogP contribution in [-0.2, 0) is 11.2 Å². The van der Waals surface area contributed by atoms with Crippen LogP contribution in [0.15, 0.2) is 48.5 Å². The van der Waals surface area contributed by atoms with Crippen molar-refractivity contribution in [2.24, 2.45) is 5.73 Å². The smallest absolute Gasteiger partial charge is 0.248 e. The Hall–Kier alpha value is -2.82. The first-order valence-electron chi connectivity index (χ1n) is 7.89. The first-order valence-corrected chi connectivity index (χ1v) is 7.89. The second kappa shape index (κ2) is 8.15. The van der Waals surface area contributed by atoms with E-state index in [2.05, 4.69) is 0 Å². The van der Waals surface area contributed by atoms with Gasteiger partial charge in [0.25, 0.3) is 0 Å². The van der Waals surface area contributed by atoms with Crippen molar-refractivity contribution in [3.8, 4) is 5.75 Å². The Morgan fingerprint density at radius 1 is 1.04 bits per heavy atom. The van der Waals surface area contributed by atoms with Crippen LogP contribution >= 0.6 is 0 Å². The Labute approximate surface area is 142 Å². The Morgan fingerprint density at radius 2 is 1.67 bits per heavy atom. The summed E-state index contributed by atoms with van der Waals surface area (Å²) in [6.07, 6.45) is 1.07. The van der Waals surface area contributed by atoms with E-state index in [1.54, 1.807) is 36.2 Å². The largest absolute Gasteiger partial charge is 0.494 e.